The highest BCUT2D eigenvalue weighted by Crippen LogP contribution is 2.21. The molecule has 1 heterocycles. The molecule has 0 bridgehead atoms. The van der Waals surface area contributed by atoms with Crippen molar-refractivity contribution < 1.29 is 9.90 Å². The molecule has 0 aliphatic carbocycles. The average molecular weight is 215 g/mol. The Morgan fingerprint density at radius 2 is 2.33 bits per heavy atom. The second-order valence-electron chi connectivity index (χ2n) is 4.37. The fourth-order valence-electron chi connectivity index (χ4n) is 2.05. The lowest BCUT2D eigenvalue weighted by Crippen LogP contribution is -2.45. The standard InChI is InChI=1S/C10H21N3O2/c1-7(10(15)12-11)8(2)13-4-3-9(5-13)6-14/h7-9,14H,3-6,11H2,1-2H3,(H,12,15). The van der Waals surface area contributed by atoms with Gasteiger partial charge in [-0.15, -0.1) is 0 Å². The zero-order chi connectivity index (χ0) is 11.4. The lowest BCUT2D eigenvalue weighted by atomic mass is 10.0. The van der Waals surface area contributed by atoms with Gasteiger partial charge in [0.15, 0.2) is 0 Å². The van der Waals surface area contributed by atoms with Gasteiger partial charge in [-0.05, 0) is 25.8 Å². The second kappa shape index (κ2) is 5.44. The summed E-state index contributed by atoms with van der Waals surface area (Å²) in [6.45, 7) is 5.97. The molecule has 1 saturated heterocycles. The smallest absolute Gasteiger partial charge is 0.238 e. The molecule has 0 spiro atoms. The molecule has 1 rings (SSSR count). The van der Waals surface area contributed by atoms with Crippen LogP contribution in [0.4, 0.5) is 0 Å². The minimum Gasteiger partial charge on any atom is -0.396 e. The third kappa shape index (κ3) is 2.90. The van der Waals surface area contributed by atoms with Crippen molar-refractivity contribution in [3.8, 4) is 0 Å². The zero-order valence-electron chi connectivity index (χ0n) is 9.44. The minimum absolute atomic E-state index is 0.118. The van der Waals surface area contributed by atoms with Crippen molar-refractivity contribution in [1.29, 1.82) is 0 Å². The summed E-state index contributed by atoms with van der Waals surface area (Å²) in [4.78, 5) is 13.6. The Hall–Kier alpha value is -0.650. The van der Waals surface area contributed by atoms with Crippen molar-refractivity contribution in [2.24, 2.45) is 17.7 Å². The third-order valence-corrected chi connectivity index (χ3v) is 3.43. The molecule has 0 saturated carbocycles. The summed E-state index contributed by atoms with van der Waals surface area (Å²) in [6, 6.07) is 0.171. The normalized spacial score (nSPS) is 26.3. The van der Waals surface area contributed by atoms with Gasteiger partial charge in [-0.25, -0.2) is 5.84 Å². The van der Waals surface area contributed by atoms with Crippen LogP contribution in [0.3, 0.4) is 0 Å². The van der Waals surface area contributed by atoms with Crippen LogP contribution in [0.25, 0.3) is 0 Å². The maximum absolute atomic E-state index is 11.3. The molecule has 88 valence electrons. The van der Waals surface area contributed by atoms with E-state index in [1.165, 1.54) is 0 Å². The molecule has 1 fully saturated rings. The molecule has 0 radical (unpaired) electrons. The number of aliphatic hydroxyl groups excluding tert-OH is 1. The molecule has 4 N–H and O–H groups in total. The molecule has 15 heavy (non-hydrogen) atoms. The number of hydrazine groups is 1. The number of nitrogens with two attached hydrogens (primary N) is 1. The molecule has 5 heteroatoms. The van der Waals surface area contributed by atoms with Gasteiger partial charge in [0.25, 0.3) is 0 Å². The van der Waals surface area contributed by atoms with Gasteiger partial charge in [0.1, 0.15) is 0 Å². The Morgan fingerprint density at radius 3 is 2.80 bits per heavy atom. The Labute approximate surface area is 90.6 Å². The minimum atomic E-state index is -0.130. The number of hydrogen-bond donors (Lipinski definition) is 3. The SMILES string of the molecule is CC(C(=O)NN)C(C)N1CCC(CO)C1. The number of likely N-dealkylation sites (tertiary alicyclic amines) is 1. The van der Waals surface area contributed by atoms with Gasteiger partial charge >= 0.3 is 0 Å². The van der Waals surface area contributed by atoms with E-state index < -0.39 is 0 Å². The first-order chi connectivity index (χ1) is 7.10. The summed E-state index contributed by atoms with van der Waals surface area (Å²) < 4.78 is 0. The molecule has 0 aromatic heterocycles. The van der Waals surface area contributed by atoms with E-state index in [9.17, 15) is 4.79 Å². The molecular weight excluding hydrogens is 194 g/mol. The number of amides is 1. The molecule has 1 amide bonds. The molecular formula is C10H21N3O2. The van der Waals surface area contributed by atoms with Crippen molar-refractivity contribution in [3.05, 3.63) is 0 Å². The Bertz CT molecular complexity index is 223. The average Bonchev–Trinajstić information content (AvgIpc) is 2.74. The first-order valence-electron chi connectivity index (χ1n) is 5.45. The molecule has 3 atom stereocenters. The van der Waals surface area contributed by atoms with E-state index >= 15 is 0 Å². The number of hydrogen-bond acceptors (Lipinski definition) is 4. The highest BCUT2D eigenvalue weighted by molar-refractivity contribution is 5.78. The van der Waals surface area contributed by atoms with Crippen molar-refractivity contribution in [3.63, 3.8) is 0 Å². The highest BCUT2D eigenvalue weighted by Gasteiger charge is 2.30. The number of nitrogens with one attached hydrogen (secondary N) is 1. The van der Waals surface area contributed by atoms with Crippen LogP contribution in [0.15, 0.2) is 0 Å². The van der Waals surface area contributed by atoms with Gasteiger partial charge in [0.05, 0.1) is 5.92 Å². The maximum Gasteiger partial charge on any atom is 0.238 e. The van der Waals surface area contributed by atoms with Gasteiger partial charge in [0, 0.05) is 19.2 Å². The third-order valence-electron chi connectivity index (χ3n) is 3.43. The molecule has 1 aliphatic rings. The van der Waals surface area contributed by atoms with E-state index in [1.807, 2.05) is 13.8 Å². The van der Waals surface area contributed by atoms with Crippen LogP contribution >= 0.6 is 0 Å². The van der Waals surface area contributed by atoms with Crippen LogP contribution in [-0.4, -0.2) is 41.7 Å². The second-order valence-corrected chi connectivity index (χ2v) is 4.37. The van der Waals surface area contributed by atoms with E-state index in [0.717, 1.165) is 19.5 Å². The number of carbonyl (C=O) groups excluding carboxylic acids is 1. The summed E-state index contributed by atoms with van der Waals surface area (Å²) in [7, 11) is 0. The fraction of sp³-hybridized carbons (Fsp3) is 0.900. The first-order valence-corrected chi connectivity index (χ1v) is 5.45. The fourth-order valence-corrected chi connectivity index (χ4v) is 2.05. The van der Waals surface area contributed by atoms with Crippen LogP contribution in [0.5, 0.6) is 0 Å². The Morgan fingerprint density at radius 1 is 1.67 bits per heavy atom. The van der Waals surface area contributed by atoms with E-state index in [4.69, 9.17) is 10.9 Å². The summed E-state index contributed by atoms with van der Waals surface area (Å²) in [5.74, 6) is 5.22. The van der Waals surface area contributed by atoms with E-state index in [1.54, 1.807) is 0 Å². The lowest BCUT2D eigenvalue weighted by Gasteiger charge is -2.28. The maximum atomic E-state index is 11.3. The van der Waals surface area contributed by atoms with Gasteiger partial charge < -0.3 is 5.11 Å². The molecule has 0 aromatic carbocycles. The summed E-state index contributed by atoms with van der Waals surface area (Å²) in [5, 5.41) is 9.03. The highest BCUT2D eigenvalue weighted by atomic mass is 16.3. The predicted molar refractivity (Wildman–Crippen MR) is 57.7 cm³/mol. The molecule has 1 aliphatic heterocycles. The molecule has 3 unspecified atom stereocenters. The number of aliphatic hydroxyl groups is 1. The summed E-state index contributed by atoms with van der Waals surface area (Å²) in [6.07, 6.45) is 1.01. The molecule has 5 nitrogen and oxygen atoms in total. The van der Waals surface area contributed by atoms with E-state index in [-0.39, 0.29) is 24.5 Å². The first kappa shape index (κ1) is 12.4. The van der Waals surface area contributed by atoms with Crippen molar-refractivity contribution in [2.45, 2.75) is 26.3 Å². The number of nitrogens with zero attached hydrogens (tertiary/aromatic N) is 1. The van der Waals surface area contributed by atoms with Crippen LogP contribution in [0.2, 0.25) is 0 Å². The van der Waals surface area contributed by atoms with Crippen LogP contribution in [0, 0.1) is 11.8 Å². The van der Waals surface area contributed by atoms with Gasteiger partial charge in [-0.2, -0.15) is 0 Å². The Kier molecular flexibility index (Phi) is 4.50. The predicted octanol–water partition coefficient (Wildman–Crippen LogP) is -0.685. The number of carbonyl (C=O) groups is 1. The van der Waals surface area contributed by atoms with Gasteiger partial charge in [-0.1, -0.05) is 6.92 Å². The summed E-state index contributed by atoms with van der Waals surface area (Å²) in [5.41, 5.74) is 2.18. The quantitative estimate of drug-likeness (QED) is 0.330. The van der Waals surface area contributed by atoms with Crippen molar-refractivity contribution >= 4 is 5.91 Å². The zero-order valence-corrected chi connectivity index (χ0v) is 9.44. The van der Waals surface area contributed by atoms with Crippen molar-refractivity contribution in [2.75, 3.05) is 19.7 Å². The van der Waals surface area contributed by atoms with Crippen LogP contribution in [-0.2, 0) is 4.79 Å². The van der Waals surface area contributed by atoms with E-state index in [0.29, 0.717) is 5.92 Å². The van der Waals surface area contributed by atoms with Crippen molar-refractivity contribution in [1.82, 2.24) is 10.3 Å². The molecule has 0 aromatic rings. The topological polar surface area (TPSA) is 78.6 Å². The lowest BCUT2D eigenvalue weighted by molar-refractivity contribution is -0.126. The number of rotatable bonds is 4. The largest absolute Gasteiger partial charge is 0.396 e. The monoisotopic (exact) mass is 215 g/mol. The van der Waals surface area contributed by atoms with E-state index in [2.05, 4.69) is 10.3 Å². The van der Waals surface area contributed by atoms with Gasteiger partial charge in [0.2, 0.25) is 5.91 Å². The van der Waals surface area contributed by atoms with Gasteiger partial charge in [-0.3, -0.25) is 15.1 Å². The van der Waals surface area contributed by atoms with Crippen LogP contribution < -0.4 is 11.3 Å². The van der Waals surface area contributed by atoms with Crippen LogP contribution in [0.1, 0.15) is 20.3 Å². The Balaban J connectivity index is 2.47. The summed E-state index contributed by atoms with van der Waals surface area (Å²) >= 11 is 0.